The lowest BCUT2D eigenvalue weighted by Gasteiger charge is -2.36. The lowest BCUT2D eigenvalue weighted by molar-refractivity contribution is -0.135. The van der Waals surface area contributed by atoms with Gasteiger partial charge in [0, 0.05) is 6.54 Å². The molecule has 0 aliphatic rings. The van der Waals surface area contributed by atoms with Crippen molar-refractivity contribution in [3.63, 3.8) is 0 Å². The summed E-state index contributed by atoms with van der Waals surface area (Å²) in [4.78, 5) is 12.0. The molecule has 0 spiro atoms. The molecule has 0 radical (unpaired) electrons. The summed E-state index contributed by atoms with van der Waals surface area (Å²) in [6.45, 7) is 13.4. The maximum Gasteiger partial charge on any atom is 0.226 e. The van der Waals surface area contributed by atoms with Gasteiger partial charge in [-0.2, -0.15) is 0 Å². The minimum atomic E-state index is -0.241. The van der Waals surface area contributed by atoms with Crippen LogP contribution in [0, 0.1) is 17.3 Å². The Morgan fingerprint density at radius 3 is 1.93 bits per heavy atom. The zero-order chi connectivity index (χ0) is 11.4. The van der Waals surface area contributed by atoms with Gasteiger partial charge in [0.15, 0.2) is 0 Å². The number of carbonyl (C=O) groups is 1. The van der Waals surface area contributed by atoms with Gasteiger partial charge in [-0.25, -0.2) is 0 Å². The largest absolute Gasteiger partial charge is 0.356 e. The van der Waals surface area contributed by atoms with E-state index in [-0.39, 0.29) is 11.3 Å². The smallest absolute Gasteiger partial charge is 0.226 e. The van der Waals surface area contributed by atoms with Gasteiger partial charge in [0.2, 0.25) is 5.91 Å². The first-order valence-electron chi connectivity index (χ1n) is 5.65. The fourth-order valence-corrected chi connectivity index (χ4v) is 1.62. The van der Waals surface area contributed by atoms with Crippen molar-refractivity contribution in [3.05, 3.63) is 0 Å². The van der Waals surface area contributed by atoms with Crippen molar-refractivity contribution >= 4 is 5.91 Å². The molecule has 0 heterocycles. The van der Waals surface area contributed by atoms with E-state index in [0.717, 1.165) is 13.0 Å². The van der Waals surface area contributed by atoms with E-state index in [1.807, 2.05) is 0 Å². The Morgan fingerprint density at radius 2 is 1.64 bits per heavy atom. The summed E-state index contributed by atoms with van der Waals surface area (Å²) in [6.07, 6.45) is 0.998. The highest BCUT2D eigenvalue weighted by molar-refractivity contribution is 5.82. The quantitative estimate of drug-likeness (QED) is 0.725. The summed E-state index contributed by atoms with van der Waals surface area (Å²) in [5, 5.41) is 3.00. The summed E-state index contributed by atoms with van der Waals surface area (Å²) in [7, 11) is 0. The van der Waals surface area contributed by atoms with Gasteiger partial charge >= 0.3 is 0 Å². The Morgan fingerprint density at radius 1 is 1.21 bits per heavy atom. The average Bonchev–Trinajstić information content (AvgIpc) is 2.11. The normalized spacial score (nSPS) is 12.3. The molecule has 0 unspecified atom stereocenters. The monoisotopic (exact) mass is 199 g/mol. The standard InChI is InChI=1S/C12H25NO/c1-7-8-13-11(14)12(6,9(2)3)10(4)5/h9-10H,7-8H2,1-6H3,(H,13,14). The van der Waals surface area contributed by atoms with Crippen molar-refractivity contribution in [2.24, 2.45) is 17.3 Å². The SMILES string of the molecule is CCCNC(=O)C(C)(C(C)C)C(C)C. The summed E-state index contributed by atoms with van der Waals surface area (Å²) < 4.78 is 0. The topological polar surface area (TPSA) is 29.1 Å². The highest BCUT2D eigenvalue weighted by Gasteiger charge is 2.39. The van der Waals surface area contributed by atoms with E-state index in [1.165, 1.54) is 0 Å². The van der Waals surface area contributed by atoms with Crippen LogP contribution in [0.2, 0.25) is 0 Å². The molecule has 2 nitrogen and oxygen atoms in total. The van der Waals surface area contributed by atoms with Gasteiger partial charge in [-0.05, 0) is 18.3 Å². The van der Waals surface area contributed by atoms with Crippen LogP contribution in [0.3, 0.4) is 0 Å². The lowest BCUT2D eigenvalue weighted by atomic mass is 9.70. The average molecular weight is 199 g/mol. The molecule has 0 bridgehead atoms. The Bertz CT molecular complexity index is 177. The van der Waals surface area contributed by atoms with Crippen molar-refractivity contribution in [1.29, 1.82) is 0 Å². The van der Waals surface area contributed by atoms with Crippen LogP contribution in [0.1, 0.15) is 48.0 Å². The summed E-state index contributed by atoms with van der Waals surface area (Å²) in [5.41, 5.74) is -0.241. The second kappa shape index (κ2) is 5.38. The first-order chi connectivity index (χ1) is 6.37. The molecule has 1 amide bonds. The molecule has 0 rings (SSSR count). The van der Waals surface area contributed by atoms with Crippen LogP contribution in [-0.4, -0.2) is 12.5 Å². The van der Waals surface area contributed by atoms with E-state index in [1.54, 1.807) is 0 Å². The van der Waals surface area contributed by atoms with Crippen molar-refractivity contribution in [3.8, 4) is 0 Å². The zero-order valence-corrected chi connectivity index (χ0v) is 10.5. The molecule has 0 atom stereocenters. The third-order valence-electron chi connectivity index (χ3n) is 3.42. The second-order valence-electron chi connectivity index (χ2n) is 4.85. The Kier molecular flexibility index (Phi) is 5.17. The highest BCUT2D eigenvalue weighted by atomic mass is 16.2. The summed E-state index contributed by atoms with van der Waals surface area (Å²) in [6, 6.07) is 0. The van der Waals surface area contributed by atoms with E-state index in [2.05, 4.69) is 46.9 Å². The van der Waals surface area contributed by atoms with Crippen molar-refractivity contribution < 1.29 is 4.79 Å². The van der Waals surface area contributed by atoms with Gasteiger partial charge < -0.3 is 5.32 Å². The Labute approximate surface area is 88.5 Å². The van der Waals surface area contributed by atoms with Crippen molar-refractivity contribution in [1.82, 2.24) is 5.32 Å². The Hall–Kier alpha value is -0.530. The molecule has 84 valence electrons. The molecule has 0 saturated heterocycles. The minimum absolute atomic E-state index is 0.198. The van der Waals surface area contributed by atoms with Crippen LogP contribution in [0.4, 0.5) is 0 Å². The number of amides is 1. The molecule has 1 N–H and O–H groups in total. The van der Waals surface area contributed by atoms with Gasteiger partial charge in [0.25, 0.3) is 0 Å². The van der Waals surface area contributed by atoms with Gasteiger partial charge in [-0.3, -0.25) is 4.79 Å². The Balaban J connectivity index is 4.57. The molecular weight excluding hydrogens is 174 g/mol. The maximum atomic E-state index is 12.0. The first kappa shape index (κ1) is 13.5. The molecule has 0 fully saturated rings. The number of hydrogen-bond acceptors (Lipinski definition) is 1. The van der Waals surface area contributed by atoms with E-state index in [9.17, 15) is 4.79 Å². The molecule has 0 saturated carbocycles. The van der Waals surface area contributed by atoms with Gasteiger partial charge in [-0.1, -0.05) is 41.5 Å². The predicted molar refractivity (Wildman–Crippen MR) is 61.1 cm³/mol. The molecule has 14 heavy (non-hydrogen) atoms. The second-order valence-corrected chi connectivity index (χ2v) is 4.85. The van der Waals surface area contributed by atoms with Gasteiger partial charge in [0.1, 0.15) is 0 Å². The van der Waals surface area contributed by atoms with Crippen LogP contribution in [0.5, 0.6) is 0 Å². The fourth-order valence-electron chi connectivity index (χ4n) is 1.62. The maximum absolute atomic E-state index is 12.0. The van der Waals surface area contributed by atoms with Gasteiger partial charge in [0.05, 0.1) is 5.41 Å². The molecule has 0 aromatic heterocycles. The number of rotatable bonds is 5. The fraction of sp³-hybridized carbons (Fsp3) is 0.917. The van der Waals surface area contributed by atoms with Gasteiger partial charge in [-0.15, -0.1) is 0 Å². The zero-order valence-electron chi connectivity index (χ0n) is 10.5. The summed E-state index contributed by atoms with van der Waals surface area (Å²) >= 11 is 0. The van der Waals surface area contributed by atoms with Crippen LogP contribution < -0.4 is 5.32 Å². The minimum Gasteiger partial charge on any atom is -0.356 e. The molecule has 0 aromatic rings. The highest BCUT2D eigenvalue weighted by Crippen LogP contribution is 2.35. The van der Waals surface area contributed by atoms with Crippen LogP contribution >= 0.6 is 0 Å². The number of nitrogens with one attached hydrogen (secondary N) is 1. The number of hydrogen-bond donors (Lipinski definition) is 1. The van der Waals surface area contributed by atoms with E-state index in [0.29, 0.717) is 11.8 Å². The van der Waals surface area contributed by atoms with Crippen LogP contribution in [-0.2, 0) is 4.79 Å². The first-order valence-corrected chi connectivity index (χ1v) is 5.65. The van der Waals surface area contributed by atoms with Crippen LogP contribution in [0.25, 0.3) is 0 Å². The van der Waals surface area contributed by atoms with E-state index < -0.39 is 0 Å². The predicted octanol–water partition coefficient (Wildman–Crippen LogP) is 2.83. The third kappa shape index (κ3) is 2.73. The number of carbonyl (C=O) groups excluding carboxylic acids is 1. The lowest BCUT2D eigenvalue weighted by Crippen LogP contribution is -2.46. The molecule has 0 aliphatic carbocycles. The summed E-state index contributed by atoms with van der Waals surface area (Å²) in [5.74, 6) is 0.947. The molecule has 0 aromatic carbocycles. The molecule has 0 aliphatic heterocycles. The van der Waals surface area contributed by atoms with E-state index >= 15 is 0 Å². The third-order valence-corrected chi connectivity index (χ3v) is 3.42. The molecular formula is C12H25NO. The van der Waals surface area contributed by atoms with Crippen molar-refractivity contribution in [2.75, 3.05) is 6.54 Å². The van der Waals surface area contributed by atoms with E-state index in [4.69, 9.17) is 0 Å². The van der Waals surface area contributed by atoms with Crippen molar-refractivity contribution in [2.45, 2.75) is 48.0 Å². The van der Waals surface area contributed by atoms with Crippen LogP contribution in [0.15, 0.2) is 0 Å². The molecule has 2 heteroatoms.